The fraction of sp³-hybridized carbons (Fsp3) is 0.500. The third-order valence-electron chi connectivity index (χ3n) is 3.47. The number of benzene rings is 1. The van der Waals surface area contributed by atoms with Gasteiger partial charge < -0.3 is 10.2 Å². The van der Waals surface area contributed by atoms with Gasteiger partial charge in [0.2, 0.25) is 11.8 Å². The van der Waals surface area contributed by atoms with Crippen LogP contribution >= 0.6 is 15.9 Å². The molecule has 4 nitrogen and oxygen atoms in total. The first-order chi connectivity index (χ1) is 9.69. The van der Waals surface area contributed by atoms with E-state index in [0.717, 1.165) is 15.7 Å². The van der Waals surface area contributed by atoms with Gasteiger partial charge in [-0.25, -0.2) is 0 Å². The number of aryl methyl sites for hydroxylation is 1. The molecule has 0 bridgehead atoms. The Morgan fingerprint density at radius 1 is 1.38 bits per heavy atom. The molecule has 2 rings (SSSR count). The molecule has 1 atom stereocenters. The van der Waals surface area contributed by atoms with E-state index in [2.05, 4.69) is 21.2 Å². The zero-order valence-corrected chi connectivity index (χ0v) is 14.5. The summed E-state index contributed by atoms with van der Waals surface area (Å²) in [7, 11) is 0. The Hall–Kier alpha value is -1.36. The summed E-state index contributed by atoms with van der Waals surface area (Å²) in [6.07, 6.45) is 0.566. The van der Waals surface area contributed by atoms with Gasteiger partial charge in [-0.3, -0.25) is 9.59 Å². The molecule has 1 aromatic carbocycles. The van der Waals surface area contributed by atoms with Crippen molar-refractivity contribution in [3.63, 3.8) is 0 Å². The van der Waals surface area contributed by atoms with E-state index in [9.17, 15) is 9.59 Å². The van der Waals surface area contributed by atoms with Crippen LogP contribution in [0.15, 0.2) is 22.7 Å². The average molecular weight is 353 g/mol. The van der Waals surface area contributed by atoms with Crippen LogP contribution in [0.25, 0.3) is 0 Å². The van der Waals surface area contributed by atoms with E-state index < -0.39 is 5.92 Å². The molecule has 1 N–H and O–H groups in total. The lowest BCUT2D eigenvalue weighted by molar-refractivity contribution is -0.133. The number of carbonyl (C=O) groups is 2. The van der Waals surface area contributed by atoms with Gasteiger partial charge in [0.25, 0.3) is 0 Å². The highest BCUT2D eigenvalue weighted by atomic mass is 79.9. The van der Waals surface area contributed by atoms with Crippen molar-refractivity contribution >= 4 is 33.4 Å². The van der Waals surface area contributed by atoms with Gasteiger partial charge in [0.15, 0.2) is 0 Å². The summed E-state index contributed by atoms with van der Waals surface area (Å²) in [6, 6.07) is 5.81. The minimum Gasteiger partial charge on any atom is -0.351 e. The standard InChI is InChI=1S/C16H21BrN2O2/c1-10-9-11(17)5-6-13(10)19-8-7-12(15(19)21)14(20)18-16(2,3)4/h5-6,9,12H,7-8H2,1-4H3,(H,18,20). The van der Waals surface area contributed by atoms with Gasteiger partial charge in [-0.15, -0.1) is 0 Å². The second-order valence-electron chi connectivity index (χ2n) is 6.50. The monoisotopic (exact) mass is 352 g/mol. The van der Waals surface area contributed by atoms with Gasteiger partial charge in [-0.1, -0.05) is 15.9 Å². The van der Waals surface area contributed by atoms with Crippen LogP contribution in [-0.2, 0) is 9.59 Å². The van der Waals surface area contributed by atoms with Crippen molar-refractivity contribution < 1.29 is 9.59 Å². The quantitative estimate of drug-likeness (QED) is 0.831. The van der Waals surface area contributed by atoms with Gasteiger partial charge in [0.05, 0.1) is 0 Å². The normalized spacial score (nSPS) is 19.0. The predicted octanol–water partition coefficient (Wildman–Crippen LogP) is 3.03. The van der Waals surface area contributed by atoms with Crippen molar-refractivity contribution in [2.24, 2.45) is 5.92 Å². The first kappa shape index (κ1) is 16.0. The number of nitrogens with one attached hydrogen (secondary N) is 1. The summed E-state index contributed by atoms with van der Waals surface area (Å²) in [5.74, 6) is -0.862. The van der Waals surface area contributed by atoms with Gasteiger partial charge in [-0.05, 0) is 57.9 Å². The Morgan fingerprint density at radius 3 is 2.62 bits per heavy atom. The van der Waals surface area contributed by atoms with Crippen LogP contribution in [0.3, 0.4) is 0 Å². The number of amides is 2. The van der Waals surface area contributed by atoms with Crippen molar-refractivity contribution in [3.05, 3.63) is 28.2 Å². The Balaban J connectivity index is 2.16. The SMILES string of the molecule is Cc1cc(Br)ccc1N1CCC(C(=O)NC(C)(C)C)C1=O. The van der Waals surface area contributed by atoms with Gasteiger partial charge >= 0.3 is 0 Å². The smallest absolute Gasteiger partial charge is 0.239 e. The molecule has 0 aromatic heterocycles. The maximum atomic E-state index is 12.5. The molecule has 0 radical (unpaired) electrons. The fourth-order valence-corrected chi connectivity index (χ4v) is 3.02. The molecule has 5 heteroatoms. The average Bonchev–Trinajstić information content (AvgIpc) is 2.69. The summed E-state index contributed by atoms with van der Waals surface area (Å²) in [5, 5.41) is 2.89. The van der Waals surface area contributed by atoms with E-state index in [-0.39, 0.29) is 17.4 Å². The molecule has 2 amide bonds. The van der Waals surface area contributed by atoms with Gasteiger partial charge in [-0.2, -0.15) is 0 Å². The molecule has 0 spiro atoms. The van der Waals surface area contributed by atoms with E-state index in [0.29, 0.717) is 13.0 Å². The fourth-order valence-electron chi connectivity index (χ4n) is 2.54. The largest absolute Gasteiger partial charge is 0.351 e. The number of nitrogens with zero attached hydrogens (tertiary/aromatic N) is 1. The Labute approximate surface area is 134 Å². The summed E-state index contributed by atoms with van der Waals surface area (Å²) in [5.41, 5.74) is 1.59. The van der Waals surface area contributed by atoms with Crippen LogP contribution < -0.4 is 10.2 Å². The first-order valence-electron chi connectivity index (χ1n) is 7.08. The number of carbonyl (C=O) groups excluding carboxylic acids is 2. The molecule has 1 fully saturated rings. The minimum absolute atomic E-state index is 0.109. The van der Waals surface area contributed by atoms with E-state index in [1.807, 2.05) is 45.9 Å². The molecular formula is C16H21BrN2O2. The summed E-state index contributed by atoms with van der Waals surface area (Å²) >= 11 is 3.42. The highest BCUT2D eigenvalue weighted by Crippen LogP contribution is 2.30. The van der Waals surface area contributed by atoms with Crippen molar-refractivity contribution in [1.29, 1.82) is 0 Å². The maximum Gasteiger partial charge on any atom is 0.239 e. The summed E-state index contributed by atoms with van der Waals surface area (Å²) < 4.78 is 0.984. The van der Waals surface area contributed by atoms with Crippen molar-refractivity contribution in [2.75, 3.05) is 11.4 Å². The second kappa shape index (κ2) is 5.79. The molecule has 114 valence electrons. The number of halogens is 1. The lowest BCUT2D eigenvalue weighted by atomic mass is 10.0. The zero-order valence-electron chi connectivity index (χ0n) is 12.9. The highest BCUT2D eigenvalue weighted by molar-refractivity contribution is 9.10. The van der Waals surface area contributed by atoms with Crippen LogP contribution in [0.1, 0.15) is 32.8 Å². The van der Waals surface area contributed by atoms with E-state index >= 15 is 0 Å². The molecule has 0 saturated carbocycles. The van der Waals surface area contributed by atoms with Gasteiger partial charge in [0, 0.05) is 22.2 Å². The van der Waals surface area contributed by atoms with E-state index in [1.54, 1.807) is 4.90 Å². The summed E-state index contributed by atoms with van der Waals surface area (Å²) in [6.45, 7) is 8.31. The van der Waals surface area contributed by atoms with Crippen molar-refractivity contribution in [2.45, 2.75) is 39.7 Å². The minimum atomic E-state index is -0.577. The van der Waals surface area contributed by atoms with Gasteiger partial charge in [0.1, 0.15) is 5.92 Å². The first-order valence-corrected chi connectivity index (χ1v) is 7.88. The van der Waals surface area contributed by atoms with E-state index in [1.165, 1.54) is 0 Å². The van der Waals surface area contributed by atoms with Crippen LogP contribution in [0.5, 0.6) is 0 Å². The Bertz CT molecular complexity index is 578. The lowest BCUT2D eigenvalue weighted by Gasteiger charge is -2.23. The molecule has 1 aromatic rings. The topological polar surface area (TPSA) is 49.4 Å². The number of anilines is 1. The highest BCUT2D eigenvalue weighted by Gasteiger charge is 2.38. The molecule has 21 heavy (non-hydrogen) atoms. The number of hydrogen-bond acceptors (Lipinski definition) is 2. The van der Waals surface area contributed by atoms with Crippen molar-refractivity contribution in [3.8, 4) is 0 Å². The third kappa shape index (κ3) is 3.64. The maximum absolute atomic E-state index is 12.5. The number of hydrogen-bond donors (Lipinski definition) is 1. The van der Waals surface area contributed by atoms with Crippen LogP contribution in [-0.4, -0.2) is 23.9 Å². The Morgan fingerprint density at radius 2 is 2.05 bits per heavy atom. The lowest BCUT2D eigenvalue weighted by Crippen LogP contribution is -2.46. The Kier molecular flexibility index (Phi) is 4.42. The second-order valence-corrected chi connectivity index (χ2v) is 7.42. The van der Waals surface area contributed by atoms with Crippen molar-refractivity contribution in [1.82, 2.24) is 5.32 Å². The molecule has 1 unspecified atom stereocenters. The molecule has 1 saturated heterocycles. The van der Waals surface area contributed by atoms with E-state index in [4.69, 9.17) is 0 Å². The number of rotatable bonds is 2. The predicted molar refractivity (Wildman–Crippen MR) is 87.2 cm³/mol. The third-order valence-corrected chi connectivity index (χ3v) is 3.96. The molecule has 1 aliphatic heterocycles. The molecule has 1 aliphatic rings. The van der Waals surface area contributed by atoms with Crippen LogP contribution in [0.2, 0.25) is 0 Å². The summed E-state index contributed by atoms with van der Waals surface area (Å²) in [4.78, 5) is 26.5. The molecule has 0 aliphatic carbocycles. The van der Waals surface area contributed by atoms with Crippen LogP contribution in [0.4, 0.5) is 5.69 Å². The molecule has 1 heterocycles. The zero-order chi connectivity index (χ0) is 15.8. The molecular weight excluding hydrogens is 332 g/mol. The van der Waals surface area contributed by atoms with Crippen LogP contribution in [0, 0.1) is 12.8 Å².